The first-order valence-corrected chi connectivity index (χ1v) is 7.50. The van der Waals surface area contributed by atoms with Gasteiger partial charge in [0.15, 0.2) is 0 Å². The molecule has 0 radical (unpaired) electrons. The molecule has 0 N–H and O–H groups in total. The van der Waals surface area contributed by atoms with Crippen molar-refractivity contribution >= 4 is 53.6 Å². The van der Waals surface area contributed by atoms with E-state index in [0.717, 1.165) is 33.2 Å². The number of hydrogen-bond donors (Lipinski definition) is 0. The van der Waals surface area contributed by atoms with Crippen LogP contribution in [0.5, 0.6) is 0 Å². The van der Waals surface area contributed by atoms with Gasteiger partial charge in [-0.3, -0.25) is 0 Å². The molecule has 3 nitrogen and oxygen atoms in total. The molecule has 0 amide bonds. The Bertz CT molecular complexity index is 336. The van der Waals surface area contributed by atoms with Crippen molar-refractivity contribution in [2.24, 2.45) is 0 Å². The Balaban J connectivity index is 2.82. The summed E-state index contributed by atoms with van der Waals surface area (Å²) in [5.41, 5.74) is 0. The Labute approximate surface area is 121 Å². The van der Waals surface area contributed by atoms with E-state index < -0.39 is 0 Å². The molecule has 0 unspecified atom stereocenters. The number of ether oxygens (including phenoxy) is 1. The van der Waals surface area contributed by atoms with E-state index >= 15 is 0 Å². The first kappa shape index (κ1) is 14.4. The van der Waals surface area contributed by atoms with Gasteiger partial charge in [-0.2, -0.15) is 0 Å². The number of anilines is 1. The highest BCUT2D eigenvalue weighted by Gasteiger charge is 2.11. The fourth-order valence-corrected chi connectivity index (χ4v) is 2.93. The van der Waals surface area contributed by atoms with E-state index in [1.807, 2.05) is 6.07 Å². The van der Waals surface area contributed by atoms with E-state index in [4.69, 9.17) is 4.74 Å². The minimum absolute atomic E-state index is 0.692. The van der Waals surface area contributed by atoms with Crippen molar-refractivity contribution in [1.82, 2.24) is 4.98 Å². The van der Waals surface area contributed by atoms with E-state index in [1.54, 1.807) is 13.3 Å². The second-order valence-corrected chi connectivity index (χ2v) is 5.69. The van der Waals surface area contributed by atoms with E-state index in [9.17, 15) is 0 Å². The van der Waals surface area contributed by atoms with Crippen molar-refractivity contribution in [3.05, 3.63) is 21.2 Å². The van der Waals surface area contributed by atoms with Crippen molar-refractivity contribution in [2.45, 2.75) is 0 Å². The summed E-state index contributed by atoms with van der Waals surface area (Å²) in [5.74, 6) is 0.944. The van der Waals surface area contributed by atoms with Crippen LogP contribution in [0.25, 0.3) is 0 Å². The van der Waals surface area contributed by atoms with Gasteiger partial charge in [-0.1, -0.05) is 15.9 Å². The molecule has 0 spiro atoms. The molecule has 6 heteroatoms. The molecule has 16 heavy (non-hydrogen) atoms. The molecule has 0 aliphatic carbocycles. The second kappa shape index (κ2) is 7.63. The van der Waals surface area contributed by atoms with Gasteiger partial charge < -0.3 is 9.64 Å². The monoisotopic (exact) mass is 414 g/mol. The fraction of sp³-hybridized carbons (Fsp3) is 0.500. The second-order valence-electron chi connectivity index (χ2n) is 3.13. The van der Waals surface area contributed by atoms with E-state index in [0.29, 0.717) is 6.61 Å². The van der Waals surface area contributed by atoms with Gasteiger partial charge in [-0.25, -0.2) is 4.98 Å². The Morgan fingerprint density at radius 3 is 2.69 bits per heavy atom. The normalized spacial score (nSPS) is 10.5. The third-order valence-corrected chi connectivity index (χ3v) is 3.38. The Hall–Kier alpha value is 0.350. The van der Waals surface area contributed by atoms with Crippen LogP contribution in [0.4, 0.5) is 5.82 Å². The zero-order valence-electron chi connectivity index (χ0n) is 8.92. The van der Waals surface area contributed by atoms with Gasteiger partial charge in [0.05, 0.1) is 11.1 Å². The minimum Gasteiger partial charge on any atom is -0.383 e. The maximum absolute atomic E-state index is 5.09. The molecule has 0 saturated carbocycles. The lowest BCUT2D eigenvalue weighted by molar-refractivity contribution is 0.205. The molecule has 0 bridgehead atoms. The minimum atomic E-state index is 0.692. The lowest BCUT2D eigenvalue weighted by Gasteiger charge is -2.23. The Morgan fingerprint density at radius 2 is 2.12 bits per heavy atom. The van der Waals surface area contributed by atoms with Gasteiger partial charge in [-0.15, -0.1) is 0 Å². The number of nitrogens with zero attached hydrogens (tertiary/aromatic N) is 2. The first-order valence-electron chi connectivity index (χ1n) is 4.80. The van der Waals surface area contributed by atoms with Gasteiger partial charge in [0.25, 0.3) is 0 Å². The van der Waals surface area contributed by atoms with Crippen molar-refractivity contribution < 1.29 is 4.74 Å². The van der Waals surface area contributed by atoms with Crippen LogP contribution in [0.3, 0.4) is 0 Å². The van der Waals surface area contributed by atoms with Crippen LogP contribution in [0.1, 0.15) is 0 Å². The molecular formula is C10H13Br3N2O. The number of alkyl halides is 1. The van der Waals surface area contributed by atoms with Crippen molar-refractivity contribution in [3.63, 3.8) is 0 Å². The van der Waals surface area contributed by atoms with Crippen LogP contribution >= 0.6 is 47.8 Å². The predicted molar refractivity (Wildman–Crippen MR) is 77.5 cm³/mol. The number of hydrogen-bond acceptors (Lipinski definition) is 3. The molecule has 0 aromatic carbocycles. The molecule has 0 atom stereocenters. The van der Waals surface area contributed by atoms with Crippen LogP contribution in [0, 0.1) is 0 Å². The summed E-state index contributed by atoms with van der Waals surface area (Å²) in [6.07, 6.45) is 1.80. The van der Waals surface area contributed by atoms with Gasteiger partial charge in [0, 0.05) is 36.2 Å². The maximum atomic E-state index is 5.09. The zero-order chi connectivity index (χ0) is 12.0. The van der Waals surface area contributed by atoms with Gasteiger partial charge >= 0.3 is 0 Å². The standard InChI is InChI=1S/C10H13Br3N2O/c1-16-5-4-15(3-2-11)10-9(13)6-8(12)7-14-10/h6-7H,2-5H2,1H3. The predicted octanol–water partition coefficient (Wildman–Crippen LogP) is 3.45. The molecule has 0 fully saturated rings. The number of pyridine rings is 1. The van der Waals surface area contributed by atoms with Crippen LogP contribution < -0.4 is 4.90 Å². The number of rotatable bonds is 6. The summed E-state index contributed by atoms with van der Waals surface area (Å²) in [5, 5.41) is 0.904. The summed E-state index contributed by atoms with van der Waals surface area (Å²) >= 11 is 10.4. The summed E-state index contributed by atoms with van der Waals surface area (Å²) < 4.78 is 7.05. The molecule has 90 valence electrons. The van der Waals surface area contributed by atoms with E-state index in [2.05, 4.69) is 57.7 Å². The third kappa shape index (κ3) is 4.31. The molecule has 0 aliphatic rings. The van der Waals surface area contributed by atoms with Crippen molar-refractivity contribution in [1.29, 1.82) is 0 Å². The highest BCUT2D eigenvalue weighted by Crippen LogP contribution is 2.26. The van der Waals surface area contributed by atoms with E-state index in [-0.39, 0.29) is 0 Å². The number of halogens is 3. The summed E-state index contributed by atoms with van der Waals surface area (Å²) in [6.45, 7) is 2.42. The summed E-state index contributed by atoms with van der Waals surface area (Å²) in [4.78, 5) is 6.58. The first-order chi connectivity index (χ1) is 7.69. The Morgan fingerprint density at radius 1 is 1.38 bits per heavy atom. The van der Waals surface area contributed by atoms with Crippen LogP contribution in [-0.2, 0) is 4.74 Å². The smallest absolute Gasteiger partial charge is 0.143 e. The lowest BCUT2D eigenvalue weighted by Crippen LogP contribution is -2.30. The number of aromatic nitrogens is 1. The van der Waals surface area contributed by atoms with Gasteiger partial charge in [-0.05, 0) is 37.9 Å². The molecule has 1 rings (SSSR count). The van der Waals surface area contributed by atoms with Crippen LogP contribution in [0.2, 0.25) is 0 Å². The summed E-state index contributed by atoms with van der Waals surface area (Å²) in [7, 11) is 1.70. The molecule has 1 aromatic heterocycles. The zero-order valence-corrected chi connectivity index (χ0v) is 13.7. The van der Waals surface area contributed by atoms with Crippen molar-refractivity contribution in [3.8, 4) is 0 Å². The molecular weight excluding hydrogens is 404 g/mol. The van der Waals surface area contributed by atoms with E-state index in [1.165, 1.54) is 0 Å². The summed E-state index contributed by atoms with van der Waals surface area (Å²) in [6, 6.07) is 2.00. The topological polar surface area (TPSA) is 25.4 Å². The van der Waals surface area contributed by atoms with Crippen LogP contribution in [0.15, 0.2) is 21.2 Å². The fourth-order valence-electron chi connectivity index (χ4n) is 1.27. The third-order valence-electron chi connectivity index (χ3n) is 2.01. The molecule has 0 aliphatic heterocycles. The highest BCUT2D eigenvalue weighted by molar-refractivity contribution is 9.11. The molecule has 0 saturated heterocycles. The van der Waals surface area contributed by atoms with Gasteiger partial charge in [0.1, 0.15) is 5.82 Å². The largest absolute Gasteiger partial charge is 0.383 e. The lowest BCUT2D eigenvalue weighted by atomic mass is 10.4. The molecule has 1 heterocycles. The molecule has 1 aromatic rings. The average molecular weight is 417 g/mol. The maximum Gasteiger partial charge on any atom is 0.143 e. The number of methoxy groups -OCH3 is 1. The quantitative estimate of drug-likeness (QED) is 0.664. The average Bonchev–Trinajstić information content (AvgIpc) is 2.25. The Kier molecular flexibility index (Phi) is 6.87. The van der Waals surface area contributed by atoms with Crippen molar-refractivity contribution in [2.75, 3.05) is 37.0 Å². The van der Waals surface area contributed by atoms with Crippen LogP contribution in [-0.4, -0.2) is 37.1 Å². The SMILES string of the molecule is COCCN(CCBr)c1ncc(Br)cc1Br. The van der Waals surface area contributed by atoms with Gasteiger partial charge in [0.2, 0.25) is 0 Å². The highest BCUT2D eigenvalue weighted by atomic mass is 79.9.